The van der Waals surface area contributed by atoms with Gasteiger partial charge in [-0.3, -0.25) is 14.7 Å². The minimum Gasteiger partial charge on any atom is -0.493 e. The number of halogens is 3. The van der Waals surface area contributed by atoms with Gasteiger partial charge in [0.15, 0.2) is 0 Å². The number of carbonyl (C=O) groups is 1. The van der Waals surface area contributed by atoms with E-state index in [0.29, 0.717) is 6.42 Å². The van der Waals surface area contributed by atoms with Crippen LogP contribution in [0, 0.1) is 0 Å². The third-order valence-electron chi connectivity index (χ3n) is 2.20. The van der Waals surface area contributed by atoms with Crippen LogP contribution in [-0.4, -0.2) is 57.0 Å². The van der Waals surface area contributed by atoms with Crippen LogP contribution in [0.2, 0.25) is 0 Å². The first-order valence-electron chi connectivity index (χ1n) is 6.23. The molecule has 0 saturated heterocycles. The normalized spacial score (nSPS) is 12.3. The van der Waals surface area contributed by atoms with Crippen LogP contribution < -0.4 is 5.32 Å². The zero-order valence-corrected chi connectivity index (χ0v) is 12.1. The van der Waals surface area contributed by atoms with E-state index in [4.69, 9.17) is 4.74 Å². The Kier molecular flexibility index (Phi) is 9.11. The van der Waals surface area contributed by atoms with Crippen molar-refractivity contribution in [3.05, 3.63) is 24.6 Å². The zero-order valence-electron chi connectivity index (χ0n) is 12.1. The van der Waals surface area contributed by atoms with Crippen molar-refractivity contribution in [1.82, 2.24) is 10.2 Å². The predicted octanol–water partition coefficient (Wildman–Crippen LogP) is 1.73. The number of alkyl halides is 3. The Bertz CT molecular complexity index is 393. The summed E-state index contributed by atoms with van der Waals surface area (Å²) in [6.45, 7) is 3.13. The lowest BCUT2D eigenvalue weighted by atomic mass is 10.4. The van der Waals surface area contributed by atoms with E-state index in [1.165, 1.54) is 37.5 Å². The van der Waals surface area contributed by atoms with Crippen molar-refractivity contribution in [3.8, 4) is 0 Å². The molecule has 1 N–H and O–H groups in total. The highest BCUT2D eigenvalue weighted by Gasteiger charge is 2.28. The Morgan fingerprint density at radius 1 is 1.48 bits per heavy atom. The summed E-state index contributed by atoms with van der Waals surface area (Å²) >= 11 is 0. The van der Waals surface area contributed by atoms with E-state index in [1.807, 2.05) is 0 Å². The summed E-state index contributed by atoms with van der Waals surface area (Å²) < 4.78 is 41.3. The molecule has 120 valence electrons. The molecule has 0 aromatic rings. The molecule has 1 amide bonds. The average molecular weight is 307 g/mol. The average Bonchev–Trinajstić information content (AvgIpc) is 2.37. The van der Waals surface area contributed by atoms with E-state index in [9.17, 15) is 18.0 Å². The molecule has 0 aliphatic rings. The van der Waals surface area contributed by atoms with Crippen molar-refractivity contribution in [2.24, 2.45) is 4.99 Å². The molecule has 0 heterocycles. The summed E-state index contributed by atoms with van der Waals surface area (Å²) in [5.41, 5.74) is 0. The van der Waals surface area contributed by atoms with E-state index in [2.05, 4.69) is 16.9 Å². The van der Waals surface area contributed by atoms with Gasteiger partial charge in [-0.15, -0.1) is 0 Å². The van der Waals surface area contributed by atoms with Crippen molar-refractivity contribution in [2.45, 2.75) is 12.6 Å². The molecule has 0 atom stereocenters. The lowest BCUT2D eigenvalue weighted by Gasteiger charge is -2.18. The Balaban J connectivity index is 3.78. The topological polar surface area (TPSA) is 53.9 Å². The molecule has 0 aliphatic heterocycles. The molecule has 0 saturated carbocycles. The second-order valence-electron chi connectivity index (χ2n) is 4.23. The molecule has 0 radical (unpaired) electrons. The van der Waals surface area contributed by atoms with Crippen LogP contribution in [0.25, 0.3) is 0 Å². The number of likely N-dealkylation sites (N-methyl/N-ethyl adjacent to an activating group) is 1. The SMILES string of the molecule is C=C(C=N/C=C/C(=O)NC)OCCCN(C)CC(F)(F)F. The zero-order chi connectivity index (χ0) is 16.3. The highest BCUT2D eigenvalue weighted by molar-refractivity contribution is 5.87. The van der Waals surface area contributed by atoms with Crippen LogP contribution in [0.15, 0.2) is 29.6 Å². The fourth-order valence-corrected chi connectivity index (χ4v) is 1.28. The van der Waals surface area contributed by atoms with Gasteiger partial charge in [0.2, 0.25) is 5.91 Å². The van der Waals surface area contributed by atoms with Crippen molar-refractivity contribution in [1.29, 1.82) is 0 Å². The van der Waals surface area contributed by atoms with Gasteiger partial charge in [0.1, 0.15) is 5.76 Å². The van der Waals surface area contributed by atoms with Crippen LogP contribution >= 0.6 is 0 Å². The molecule has 0 aromatic carbocycles. The number of nitrogens with one attached hydrogen (secondary N) is 1. The second-order valence-corrected chi connectivity index (χ2v) is 4.23. The third-order valence-corrected chi connectivity index (χ3v) is 2.20. The largest absolute Gasteiger partial charge is 0.493 e. The van der Waals surface area contributed by atoms with Gasteiger partial charge >= 0.3 is 6.18 Å². The summed E-state index contributed by atoms with van der Waals surface area (Å²) in [5.74, 6) is -0.0126. The van der Waals surface area contributed by atoms with E-state index in [-0.39, 0.29) is 24.8 Å². The number of allylic oxidation sites excluding steroid dienone is 1. The monoisotopic (exact) mass is 307 g/mol. The molecule has 0 rings (SSSR count). The van der Waals surface area contributed by atoms with Gasteiger partial charge in [-0.25, -0.2) is 0 Å². The second kappa shape index (κ2) is 9.98. The lowest BCUT2D eigenvalue weighted by molar-refractivity contribution is -0.143. The highest BCUT2D eigenvalue weighted by Crippen LogP contribution is 2.15. The van der Waals surface area contributed by atoms with E-state index >= 15 is 0 Å². The number of ether oxygens (including phenoxy) is 1. The molecule has 5 nitrogen and oxygen atoms in total. The number of amides is 1. The predicted molar refractivity (Wildman–Crippen MR) is 75.0 cm³/mol. The number of hydrogen-bond acceptors (Lipinski definition) is 4. The number of rotatable bonds is 9. The molecule has 8 heteroatoms. The van der Waals surface area contributed by atoms with Crippen LogP contribution in [0.4, 0.5) is 13.2 Å². The lowest BCUT2D eigenvalue weighted by Crippen LogP contribution is -2.32. The van der Waals surface area contributed by atoms with Gasteiger partial charge in [-0.05, 0) is 13.5 Å². The van der Waals surface area contributed by atoms with Crippen LogP contribution in [0.5, 0.6) is 0 Å². The summed E-state index contributed by atoms with van der Waals surface area (Å²) in [6.07, 6.45) is 0.0791. The van der Waals surface area contributed by atoms with Crippen LogP contribution in [0.3, 0.4) is 0 Å². The van der Waals surface area contributed by atoms with Crippen molar-refractivity contribution >= 4 is 12.1 Å². The minimum absolute atomic E-state index is 0.242. The Labute approximate surface area is 122 Å². The van der Waals surface area contributed by atoms with Gasteiger partial charge in [-0.2, -0.15) is 13.2 Å². The summed E-state index contributed by atoms with van der Waals surface area (Å²) in [6, 6.07) is 0. The first-order valence-corrected chi connectivity index (χ1v) is 6.23. The molecule has 0 bridgehead atoms. The Morgan fingerprint density at radius 3 is 2.71 bits per heavy atom. The maximum atomic E-state index is 12.1. The molecular weight excluding hydrogens is 287 g/mol. The Hall–Kier alpha value is -1.83. The van der Waals surface area contributed by atoms with Crippen molar-refractivity contribution in [2.75, 3.05) is 33.8 Å². The van der Waals surface area contributed by atoms with Gasteiger partial charge in [0.25, 0.3) is 0 Å². The number of nitrogens with zero attached hydrogens (tertiary/aromatic N) is 2. The van der Waals surface area contributed by atoms with Crippen molar-refractivity contribution in [3.63, 3.8) is 0 Å². The first kappa shape index (κ1) is 19.2. The number of aliphatic imine (C=N–C) groups is 1. The van der Waals surface area contributed by atoms with E-state index < -0.39 is 12.7 Å². The molecule has 0 fully saturated rings. The molecule has 0 aliphatic carbocycles. The quantitative estimate of drug-likeness (QED) is 0.305. The highest BCUT2D eigenvalue weighted by atomic mass is 19.4. The molecule has 0 aromatic heterocycles. The molecule has 0 unspecified atom stereocenters. The van der Waals surface area contributed by atoms with Crippen LogP contribution in [-0.2, 0) is 9.53 Å². The molecular formula is C13H20F3N3O2. The fourth-order valence-electron chi connectivity index (χ4n) is 1.28. The smallest absolute Gasteiger partial charge is 0.401 e. The van der Waals surface area contributed by atoms with Gasteiger partial charge in [-0.1, -0.05) is 6.58 Å². The van der Waals surface area contributed by atoms with Gasteiger partial charge in [0, 0.05) is 25.9 Å². The Morgan fingerprint density at radius 2 is 2.14 bits per heavy atom. The summed E-state index contributed by atoms with van der Waals surface area (Å²) in [7, 11) is 2.89. The fraction of sp³-hybridized carbons (Fsp3) is 0.538. The van der Waals surface area contributed by atoms with E-state index in [1.54, 1.807) is 0 Å². The molecule has 21 heavy (non-hydrogen) atoms. The van der Waals surface area contributed by atoms with Crippen LogP contribution in [0.1, 0.15) is 6.42 Å². The summed E-state index contributed by atoms with van der Waals surface area (Å²) in [4.78, 5) is 15.8. The summed E-state index contributed by atoms with van der Waals surface area (Å²) in [5, 5.41) is 2.38. The minimum atomic E-state index is -4.19. The first-order chi connectivity index (χ1) is 9.74. The maximum Gasteiger partial charge on any atom is 0.401 e. The number of hydrogen-bond donors (Lipinski definition) is 1. The van der Waals surface area contributed by atoms with E-state index in [0.717, 1.165) is 0 Å². The standard InChI is InChI=1S/C13H20F3N3O2/c1-11(9-18-6-5-12(20)17-2)21-8-4-7-19(3)10-13(14,15)16/h5-6,9H,1,4,7-8,10H2,2-3H3,(H,17,20)/b6-5+,18-9?. The van der Waals surface area contributed by atoms with Gasteiger partial charge < -0.3 is 10.1 Å². The van der Waals surface area contributed by atoms with Gasteiger partial charge in [0.05, 0.1) is 19.4 Å². The van der Waals surface area contributed by atoms with Crippen molar-refractivity contribution < 1.29 is 22.7 Å². The number of carbonyl (C=O) groups excluding carboxylic acids is 1. The molecule has 0 spiro atoms. The maximum absolute atomic E-state index is 12.1. The third kappa shape index (κ3) is 12.9.